The Morgan fingerprint density at radius 2 is 1.85 bits per heavy atom. The molecule has 27 heavy (non-hydrogen) atoms. The molecule has 1 aromatic carbocycles. The fourth-order valence-corrected chi connectivity index (χ4v) is 4.85. The summed E-state index contributed by atoms with van der Waals surface area (Å²) in [6.07, 6.45) is 2.32. The highest BCUT2D eigenvalue weighted by atomic mass is 32.1. The minimum Gasteiger partial charge on any atom is -0.447 e. The summed E-state index contributed by atoms with van der Waals surface area (Å²) >= 11 is 1.32. The van der Waals surface area contributed by atoms with Gasteiger partial charge in [-0.25, -0.2) is 0 Å². The molecule has 5 rings (SSSR count). The van der Waals surface area contributed by atoms with E-state index in [2.05, 4.69) is 17.1 Å². The lowest BCUT2D eigenvalue weighted by atomic mass is 9.79. The van der Waals surface area contributed by atoms with E-state index in [1.165, 1.54) is 11.3 Å². The van der Waals surface area contributed by atoms with E-state index < -0.39 is 5.91 Å². The number of amides is 2. The van der Waals surface area contributed by atoms with Crippen LogP contribution in [0.2, 0.25) is 0 Å². The zero-order valence-corrected chi connectivity index (χ0v) is 16.0. The van der Waals surface area contributed by atoms with Crippen LogP contribution in [0.25, 0.3) is 0 Å². The number of nitrogens with two attached hydrogens (primary N) is 1. The molecule has 4 heterocycles. The third-order valence-electron chi connectivity index (χ3n) is 5.64. The first-order chi connectivity index (χ1) is 13.0. The van der Waals surface area contributed by atoms with Crippen LogP contribution in [0, 0.1) is 5.92 Å². The molecule has 3 saturated heterocycles. The highest BCUT2D eigenvalue weighted by Crippen LogP contribution is 2.33. The number of nitrogens with one attached hydrogen (secondary N) is 1. The Morgan fingerprint density at radius 1 is 1.15 bits per heavy atom. The largest absolute Gasteiger partial charge is 0.447 e. The average Bonchev–Trinajstić information content (AvgIpc) is 3.14. The number of piperidine rings is 3. The Labute approximate surface area is 162 Å². The van der Waals surface area contributed by atoms with Crippen LogP contribution in [0.3, 0.4) is 0 Å². The first-order valence-electron chi connectivity index (χ1n) is 9.24. The third-order valence-corrected chi connectivity index (χ3v) is 6.60. The van der Waals surface area contributed by atoms with Crippen LogP contribution < -0.4 is 15.8 Å². The Bertz CT molecular complexity index is 838. The van der Waals surface area contributed by atoms with Gasteiger partial charge >= 0.3 is 0 Å². The summed E-state index contributed by atoms with van der Waals surface area (Å²) in [6, 6.07) is 10.8. The SMILES string of the molecule is CC1C(NC(=O)c2ccc(Oc3ccc(C(N)=O)cc3)s2)C2CCN1CC2. The fourth-order valence-electron chi connectivity index (χ4n) is 4.07. The first-order valence-corrected chi connectivity index (χ1v) is 10.1. The molecule has 1 aromatic heterocycles. The van der Waals surface area contributed by atoms with Gasteiger partial charge in [0, 0.05) is 17.6 Å². The van der Waals surface area contributed by atoms with E-state index in [0.717, 1.165) is 25.9 Å². The van der Waals surface area contributed by atoms with Crippen molar-refractivity contribution in [2.45, 2.75) is 31.8 Å². The van der Waals surface area contributed by atoms with Crippen LogP contribution in [-0.4, -0.2) is 41.9 Å². The summed E-state index contributed by atoms with van der Waals surface area (Å²) in [7, 11) is 0. The van der Waals surface area contributed by atoms with Crippen LogP contribution >= 0.6 is 11.3 Å². The number of rotatable bonds is 5. The lowest BCUT2D eigenvalue weighted by Crippen LogP contribution is -2.62. The average molecular weight is 385 g/mol. The topological polar surface area (TPSA) is 84.7 Å². The number of hydrogen-bond donors (Lipinski definition) is 2. The quantitative estimate of drug-likeness (QED) is 0.829. The lowest BCUT2D eigenvalue weighted by Gasteiger charge is -2.49. The molecule has 3 aliphatic heterocycles. The molecule has 2 atom stereocenters. The number of fused-ring (bicyclic) bond motifs is 3. The van der Waals surface area contributed by atoms with E-state index in [0.29, 0.717) is 33.2 Å². The molecule has 7 heteroatoms. The highest BCUT2D eigenvalue weighted by Gasteiger charge is 2.40. The molecule has 142 valence electrons. The van der Waals surface area contributed by atoms with E-state index in [1.807, 2.05) is 0 Å². The number of hydrogen-bond acceptors (Lipinski definition) is 5. The maximum atomic E-state index is 12.7. The van der Waals surface area contributed by atoms with Gasteiger partial charge in [-0.15, -0.1) is 0 Å². The second kappa shape index (κ2) is 7.32. The van der Waals surface area contributed by atoms with Crippen molar-refractivity contribution in [3.63, 3.8) is 0 Å². The first kappa shape index (κ1) is 18.0. The Hall–Kier alpha value is -2.38. The lowest BCUT2D eigenvalue weighted by molar-refractivity contribution is 0.0218. The van der Waals surface area contributed by atoms with Gasteiger partial charge in [0.25, 0.3) is 5.91 Å². The number of carbonyl (C=O) groups is 2. The molecule has 3 N–H and O–H groups in total. The summed E-state index contributed by atoms with van der Waals surface area (Å²) in [5.74, 6) is 0.663. The van der Waals surface area contributed by atoms with Crippen molar-refractivity contribution in [3.05, 3.63) is 46.8 Å². The van der Waals surface area contributed by atoms with Gasteiger partial charge in [0.15, 0.2) is 5.06 Å². The molecule has 2 amide bonds. The molecule has 2 unspecified atom stereocenters. The molecule has 6 nitrogen and oxygen atoms in total. The van der Waals surface area contributed by atoms with E-state index in [-0.39, 0.29) is 11.9 Å². The molecule has 3 aliphatic rings. The van der Waals surface area contributed by atoms with Gasteiger partial charge in [0.1, 0.15) is 5.75 Å². The number of primary amides is 1. The van der Waals surface area contributed by atoms with Gasteiger partial charge < -0.3 is 15.8 Å². The van der Waals surface area contributed by atoms with Crippen molar-refractivity contribution >= 4 is 23.2 Å². The maximum Gasteiger partial charge on any atom is 0.261 e. The molecule has 2 bridgehead atoms. The number of benzene rings is 1. The number of ether oxygens (including phenoxy) is 1. The fraction of sp³-hybridized carbons (Fsp3) is 0.400. The minimum absolute atomic E-state index is 0.0375. The Balaban J connectivity index is 1.40. The molecule has 0 saturated carbocycles. The predicted molar refractivity (Wildman–Crippen MR) is 104 cm³/mol. The maximum absolute atomic E-state index is 12.7. The van der Waals surface area contributed by atoms with Crippen molar-refractivity contribution in [3.8, 4) is 10.8 Å². The van der Waals surface area contributed by atoms with Gasteiger partial charge in [-0.1, -0.05) is 11.3 Å². The van der Waals surface area contributed by atoms with Gasteiger partial charge in [0.2, 0.25) is 5.91 Å². The molecule has 3 fully saturated rings. The van der Waals surface area contributed by atoms with E-state index in [4.69, 9.17) is 10.5 Å². The van der Waals surface area contributed by atoms with Crippen molar-refractivity contribution in [2.24, 2.45) is 11.7 Å². The van der Waals surface area contributed by atoms with Gasteiger partial charge in [-0.3, -0.25) is 14.5 Å². The van der Waals surface area contributed by atoms with Gasteiger partial charge in [-0.2, -0.15) is 0 Å². The predicted octanol–water partition coefficient (Wildman–Crippen LogP) is 2.85. The number of nitrogens with zero attached hydrogens (tertiary/aromatic N) is 1. The molecule has 0 spiro atoms. The minimum atomic E-state index is -0.474. The monoisotopic (exact) mass is 385 g/mol. The van der Waals surface area contributed by atoms with Crippen molar-refractivity contribution in [1.29, 1.82) is 0 Å². The smallest absolute Gasteiger partial charge is 0.261 e. The summed E-state index contributed by atoms with van der Waals surface area (Å²) in [5.41, 5.74) is 5.67. The Morgan fingerprint density at radius 3 is 2.48 bits per heavy atom. The zero-order chi connectivity index (χ0) is 19.0. The normalized spacial score (nSPS) is 26.6. The number of carbonyl (C=O) groups excluding carboxylic acids is 2. The van der Waals surface area contributed by atoms with Crippen LogP contribution in [0.15, 0.2) is 36.4 Å². The summed E-state index contributed by atoms with van der Waals surface area (Å²) in [6.45, 7) is 4.49. The van der Waals surface area contributed by atoms with E-state index in [9.17, 15) is 9.59 Å². The zero-order valence-electron chi connectivity index (χ0n) is 15.2. The standard InChI is InChI=1S/C20H23N3O3S/c1-12-18(13-8-10-23(12)11-9-13)22-20(25)16-6-7-17(27-16)26-15-4-2-14(3-5-15)19(21)24/h2-7,12-13,18H,8-11H2,1H3,(H2,21,24)(H,22,25). The van der Waals surface area contributed by atoms with Crippen molar-refractivity contribution in [2.75, 3.05) is 13.1 Å². The summed E-state index contributed by atoms with van der Waals surface area (Å²) in [5, 5.41) is 3.87. The van der Waals surface area contributed by atoms with E-state index >= 15 is 0 Å². The Kier molecular flexibility index (Phi) is 4.88. The van der Waals surface area contributed by atoms with Gasteiger partial charge in [-0.05, 0) is 75.2 Å². The van der Waals surface area contributed by atoms with Crippen LogP contribution in [-0.2, 0) is 0 Å². The van der Waals surface area contributed by atoms with Crippen LogP contribution in [0.4, 0.5) is 0 Å². The number of thiophene rings is 1. The third kappa shape index (κ3) is 3.70. The molecular weight excluding hydrogens is 362 g/mol. The molecule has 2 aromatic rings. The summed E-state index contributed by atoms with van der Waals surface area (Å²) in [4.78, 5) is 26.9. The second-order valence-corrected chi connectivity index (χ2v) is 8.27. The van der Waals surface area contributed by atoms with Crippen LogP contribution in [0.5, 0.6) is 10.8 Å². The second-order valence-electron chi connectivity index (χ2n) is 7.22. The highest BCUT2D eigenvalue weighted by molar-refractivity contribution is 7.15. The van der Waals surface area contributed by atoms with E-state index in [1.54, 1.807) is 36.4 Å². The van der Waals surface area contributed by atoms with Gasteiger partial charge in [0.05, 0.1) is 4.88 Å². The molecular formula is C20H23N3O3S. The van der Waals surface area contributed by atoms with Crippen LogP contribution in [0.1, 0.15) is 39.8 Å². The molecule has 0 aliphatic carbocycles. The molecule has 0 radical (unpaired) electrons. The van der Waals surface area contributed by atoms with Crippen molar-refractivity contribution in [1.82, 2.24) is 10.2 Å². The van der Waals surface area contributed by atoms with Crippen molar-refractivity contribution < 1.29 is 14.3 Å². The summed E-state index contributed by atoms with van der Waals surface area (Å²) < 4.78 is 5.78.